The van der Waals surface area contributed by atoms with Crippen molar-refractivity contribution in [2.24, 2.45) is 0 Å². The number of nitrogens with zero attached hydrogens (tertiary/aromatic N) is 3. The molecule has 2 amide bonds. The van der Waals surface area contributed by atoms with Gasteiger partial charge in [-0.2, -0.15) is 18.2 Å². The molecule has 2 aliphatic rings. The Hall–Kier alpha value is -4.53. The fourth-order valence-electron chi connectivity index (χ4n) is 4.71. The standard InChI is InChI=1S/C27H25F5N6O4/c1-38-7-6-18(17(29)12-38)35-23(39)14-8-21(41-2)19(9-16(14)28)36-26-34-11-15(27(30,31)32)25(37-26)42-20-5-3-4-13-10-33-24(40)22(13)20/h3-5,8-9,11,17-18H,6-7,10,12H2,1-2H3,(H,33,40)(H,35,39)(H,34,36,37)/t17-,18?/m1/s1. The summed E-state index contributed by atoms with van der Waals surface area (Å²) in [5.41, 5.74) is -1.22. The SMILES string of the molecule is COc1cc(C(=O)NC2CCN(C)C[C@H]2F)c(F)cc1Nc1ncc(C(F)(F)F)c(Oc2cccc3c2C(=O)NC3)n1. The van der Waals surface area contributed by atoms with Gasteiger partial charge in [0.05, 0.1) is 30.0 Å². The van der Waals surface area contributed by atoms with E-state index in [9.17, 15) is 27.2 Å². The maximum Gasteiger partial charge on any atom is 0.423 e. The van der Waals surface area contributed by atoms with Gasteiger partial charge in [0.1, 0.15) is 29.1 Å². The van der Waals surface area contributed by atoms with E-state index < -0.39 is 59.0 Å². The lowest BCUT2D eigenvalue weighted by atomic mass is 10.0. The first-order valence-corrected chi connectivity index (χ1v) is 12.7. The molecule has 222 valence electrons. The summed E-state index contributed by atoms with van der Waals surface area (Å²) in [6, 6.07) is 5.64. The number of alkyl halides is 4. The first kappa shape index (κ1) is 29.0. The van der Waals surface area contributed by atoms with Crippen LogP contribution >= 0.6 is 0 Å². The number of carbonyl (C=O) groups excluding carboxylic acids is 2. The normalized spacial score (nSPS) is 18.7. The molecule has 2 atom stereocenters. The second-order valence-corrected chi connectivity index (χ2v) is 9.79. The van der Waals surface area contributed by atoms with E-state index in [-0.39, 0.29) is 35.8 Å². The number of fused-ring (bicyclic) bond motifs is 1. The third kappa shape index (κ3) is 5.91. The number of anilines is 2. The van der Waals surface area contributed by atoms with Crippen molar-refractivity contribution in [3.8, 4) is 17.4 Å². The molecule has 1 fully saturated rings. The van der Waals surface area contributed by atoms with Crippen LogP contribution in [0.4, 0.5) is 33.6 Å². The van der Waals surface area contributed by atoms with Gasteiger partial charge in [-0.3, -0.25) is 9.59 Å². The van der Waals surface area contributed by atoms with Gasteiger partial charge in [-0.1, -0.05) is 12.1 Å². The molecule has 1 unspecified atom stereocenters. The number of halogens is 5. The lowest BCUT2D eigenvalue weighted by Gasteiger charge is -2.32. The molecule has 42 heavy (non-hydrogen) atoms. The van der Waals surface area contributed by atoms with E-state index in [0.29, 0.717) is 24.7 Å². The molecule has 5 rings (SSSR count). The summed E-state index contributed by atoms with van der Waals surface area (Å²) < 4.78 is 81.5. The number of amides is 2. The highest BCUT2D eigenvalue weighted by molar-refractivity contribution is 6.01. The van der Waals surface area contributed by atoms with Crippen molar-refractivity contribution in [2.75, 3.05) is 32.6 Å². The van der Waals surface area contributed by atoms with Crippen LogP contribution in [0.3, 0.4) is 0 Å². The predicted molar refractivity (Wildman–Crippen MR) is 139 cm³/mol. The van der Waals surface area contributed by atoms with Crippen molar-refractivity contribution in [1.82, 2.24) is 25.5 Å². The first-order valence-electron chi connectivity index (χ1n) is 12.7. The zero-order valence-electron chi connectivity index (χ0n) is 22.3. The summed E-state index contributed by atoms with van der Waals surface area (Å²) >= 11 is 0. The lowest BCUT2D eigenvalue weighted by Crippen LogP contribution is -2.51. The molecule has 3 heterocycles. The second kappa shape index (κ2) is 11.4. The molecular weight excluding hydrogens is 567 g/mol. The molecule has 0 bridgehead atoms. The highest BCUT2D eigenvalue weighted by atomic mass is 19.4. The lowest BCUT2D eigenvalue weighted by molar-refractivity contribution is -0.139. The van der Waals surface area contributed by atoms with Crippen LogP contribution < -0.4 is 25.4 Å². The summed E-state index contributed by atoms with van der Waals surface area (Å²) in [7, 11) is 2.99. The van der Waals surface area contributed by atoms with Crippen LogP contribution in [0.25, 0.3) is 0 Å². The van der Waals surface area contributed by atoms with Gasteiger partial charge < -0.3 is 30.3 Å². The monoisotopic (exact) mass is 592 g/mol. The van der Waals surface area contributed by atoms with Crippen LogP contribution in [0.5, 0.6) is 17.4 Å². The van der Waals surface area contributed by atoms with Gasteiger partial charge >= 0.3 is 6.18 Å². The van der Waals surface area contributed by atoms with Crippen LogP contribution in [-0.2, 0) is 12.7 Å². The van der Waals surface area contributed by atoms with Crippen molar-refractivity contribution in [3.05, 3.63) is 64.6 Å². The van der Waals surface area contributed by atoms with Gasteiger partial charge in [-0.05, 0) is 31.2 Å². The number of benzene rings is 2. The van der Waals surface area contributed by atoms with Crippen LogP contribution in [0.15, 0.2) is 36.5 Å². The molecule has 10 nitrogen and oxygen atoms in total. The van der Waals surface area contributed by atoms with Gasteiger partial charge in [0, 0.05) is 31.9 Å². The molecule has 3 N–H and O–H groups in total. The molecule has 0 spiro atoms. The van der Waals surface area contributed by atoms with E-state index in [2.05, 4.69) is 25.9 Å². The number of rotatable bonds is 7. The molecule has 3 aromatic rings. The molecule has 1 saturated heterocycles. The maximum atomic E-state index is 15.1. The summed E-state index contributed by atoms with van der Waals surface area (Å²) in [5.74, 6) is -3.89. The van der Waals surface area contributed by atoms with Crippen molar-refractivity contribution in [2.45, 2.75) is 31.4 Å². The van der Waals surface area contributed by atoms with Crippen LogP contribution in [0, 0.1) is 5.82 Å². The average Bonchev–Trinajstić information content (AvgIpc) is 3.31. The number of hydrogen-bond donors (Lipinski definition) is 3. The zero-order valence-corrected chi connectivity index (χ0v) is 22.3. The van der Waals surface area contributed by atoms with Crippen molar-refractivity contribution >= 4 is 23.5 Å². The smallest absolute Gasteiger partial charge is 0.423 e. The number of piperidine rings is 1. The number of methoxy groups -OCH3 is 1. The minimum atomic E-state index is -4.90. The molecular formula is C27H25F5N6O4. The summed E-state index contributed by atoms with van der Waals surface area (Å²) in [4.78, 5) is 34.3. The zero-order chi connectivity index (χ0) is 30.2. The van der Waals surface area contributed by atoms with E-state index in [0.717, 1.165) is 12.1 Å². The number of hydrogen-bond acceptors (Lipinski definition) is 8. The minimum absolute atomic E-state index is 0.0646. The largest absolute Gasteiger partial charge is 0.495 e. The maximum absolute atomic E-state index is 15.1. The Kier molecular flexibility index (Phi) is 7.86. The molecule has 0 radical (unpaired) electrons. The Balaban J connectivity index is 1.42. The highest BCUT2D eigenvalue weighted by Gasteiger charge is 2.37. The Morgan fingerprint density at radius 3 is 2.71 bits per heavy atom. The molecule has 15 heteroatoms. The van der Waals surface area contributed by atoms with E-state index in [4.69, 9.17) is 9.47 Å². The number of aromatic nitrogens is 2. The summed E-state index contributed by atoms with van der Waals surface area (Å²) in [6.45, 7) is 0.872. The topological polar surface area (TPSA) is 118 Å². The predicted octanol–water partition coefficient (Wildman–Crippen LogP) is 4.19. The van der Waals surface area contributed by atoms with Gasteiger partial charge in [0.25, 0.3) is 11.8 Å². The minimum Gasteiger partial charge on any atom is -0.495 e. The molecule has 0 aliphatic carbocycles. The second-order valence-electron chi connectivity index (χ2n) is 9.79. The van der Waals surface area contributed by atoms with Gasteiger partial charge in [0.2, 0.25) is 11.8 Å². The van der Waals surface area contributed by atoms with E-state index in [1.807, 2.05) is 0 Å². The fraction of sp³-hybridized carbons (Fsp3) is 0.333. The quantitative estimate of drug-likeness (QED) is 0.350. The van der Waals surface area contributed by atoms with E-state index >= 15 is 4.39 Å². The van der Waals surface area contributed by atoms with Gasteiger partial charge in [0.15, 0.2) is 0 Å². The Morgan fingerprint density at radius 2 is 2.00 bits per heavy atom. The Bertz CT molecular complexity index is 1540. The van der Waals surface area contributed by atoms with Crippen LogP contribution in [-0.4, -0.2) is 66.1 Å². The Labute approximate surface area is 236 Å². The van der Waals surface area contributed by atoms with Crippen LogP contribution in [0.1, 0.15) is 38.3 Å². The van der Waals surface area contributed by atoms with Gasteiger partial charge in [-0.15, -0.1) is 0 Å². The summed E-state index contributed by atoms with van der Waals surface area (Å²) in [5, 5.41) is 7.66. The molecule has 1 aromatic heterocycles. The number of carbonyl (C=O) groups is 2. The number of ether oxygens (including phenoxy) is 2. The van der Waals surface area contributed by atoms with Crippen molar-refractivity contribution < 1.29 is 41.0 Å². The fourth-order valence-corrected chi connectivity index (χ4v) is 4.71. The molecule has 2 aliphatic heterocycles. The van der Waals surface area contributed by atoms with Crippen molar-refractivity contribution in [1.29, 1.82) is 0 Å². The third-order valence-electron chi connectivity index (χ3n) is 6.89. The van der Waals surface area contributed by atoms with E-state index in [1.54, 1.807) is 18.0 Å². The van der Waals surface area contributed by atoms with Crippen LogP contribution in [0.2, 0.25) is 0 Å². The van der Waals surface area contributed by atoms with Crippen molar-refractivity contribution in [3.63, 3.8) is 0 Å². The first-order chi connectivity index (χ1) is 19.9. The number of likely N-dealkylation sites (tertiary alicyclic amines) is 1. The Morgan fingerprint density at radius 1 is 1.21 bits per heavy atom. The average molecular weight is 593 g/mol. The highest BCUT2D eigenvalue weighted by Crippen LogP contribution is 2.39. The number of nitrogens with one attached hydrogen (secondary N) is 3. The summed E-state index contributed by atoms with van der Waals surface area (Å²) in [6.07, 6.45) is -5.42. The molecule has 2 aromatic carbocycles. The van der Waals surface area contributed by atoms with E-state index in [1.165, 1.54) is 19.2 Å². The van der Waals surface area contributed by atoms with Gasteiger partial charge in [-0.25, -0.2) is 13.8 Å². The molecule has 0 saturated carbocycles. The third-order valence-corrected chi connectivity index (χ3v) is 6.89.